The quantitative estimate of drug-likeness (QED) is 0.209. The molecule has 3 nitrogen and oxygen atoms in total. The van der Waals surface area contributed by atoms with Gasteiger partial charge in [-0.1, -0.05) is 0 Å². The molecule has 0 aliphatic carbocycles. The SMILES string of the molecule is CCCCCC(C)(C)CCN(C)C(S)=B/C=C(\C)C(=NC)NC. The van der Waals surface area contributed by atoms with E-state index in [0.29, 0.717) is 5.41 Å². The Labute approximate surface area is 150 Å². The zero-order chi connectivity index (χ0) is 17.9. The van der Waals surface area contributed by atoms with E-state index < -0.39 is 0 Å². The van der Waals surface area contributed by atoms with Gasteiger partial charge in [0, 0.05) is 0 Å². The van der Waals surface area contributed by atoms with Gasteiger partial charge in [0.25, 0.3) is 0 Å². The fourth-order valence-electron chi connectivity index (χ4n) is 2.45. The summed E-state index contributed by atoms with van der Waals surface area (Å²) in [6, 6.07) is 0. The molecule has 0 atom stereocenters. The third-order valence-corrected chi connectivity index (χ3v) is 4.78. The molecule has 1 N–H and O–H groups in total. The first-order chi connectivity index (χ1) is 10.8. The number of nitrogens with zero attached hydrogens (tertiary/aromatic N) is 2. The molecule has 0 aliphatic heterocycles. The zero-order valence-electron chi connectivity index (χ0n) is 16.2. The summed E-state index contributed by atoms with van der Waals surface area (Å²) < 4.78 is 0. The second kappa shape index (κ2) is 11.8. The summed E-state index contributed by atoms with van der Waals surface area (Å²) in [4.78, 5) is 7.41. The molecule has 0 heterocycles. The molecule has 0 aliphatic rings. The molecular formula is C18H36BN3S. The van der Waals surface area contributed by atoms with Gasteiger partial charge >= 0.3 is 150 Å². The predicted octanol–water partition coefficient (Wildman–Crippen LogP) is 3.79. The van der Waals surface area contributed by atoms with Crippen molar-refractivity contribution < 1.29 is 0 Å². The van der Waals surface area contributed by atoms with Crippen LogP contribution in [0.5, 0.6) is 0 Å². The molecule has 0 saturated carbocycles. The number of amidine groups is 1. The van der Waals surface area contributed by atoms with Crippen LogP contribution in [0.3, 0.4) is 0 Å². The van der Waals surface area contributed by atoms with E-state index in [0.717, 1.165) is 22.9 Å². The molecule has 0 saturated heterocycles. The minimum atomic E-state index is 0.400. The first kappa shape index (κ1) is 22.3. The van der Waals surface area contributed by atoms with Gasteiger partial charge in [0.05, 0.1) is 0 Å². The van der Waals surface area contributed by atoms with E-state index in [4.69, 9.17) is 0 Å². The summed E-state index contributed by atoms with van der Waals surface area (Å²) in [5.41, 5.74) is 1.51. The van der Waals surface area contributed by atoms with Gasteiger partial charge in [0.1, 0.15) is 0 Å². The Morgan fingerprint density at radius 2 is 1.96 bits per heavy atom. The molecule has 0 spiro atoms. The minimum absolute atomic E-state index is 0.400. The van der Waals surface area contributed by atoms with Gasteiger partial charge in [-0.05, 0) is 0 Å². The van der Waals surface area contributed by atoms with Gasteiger partial charge in [-0.25, -0.2) is 0 Å². The molecule has 0 aromatic heterocycles. The van der Waals surface area contributed by atoms with Gasteiger partial charge < -0.3 is 0 Å². The Bertz CT molecular complexity index is 428. The molecule has 0 bridgehead atoms. The topological polar surface area (TPSA) is 27.6 Å². The van der Waals surface area contributed by atoms with Crippen molar-refractivity contribution in [3.05, 3.63) is 11.5 Å². The third-order valence-electron chi connectivity index (χ3n) is 4.29. The van der Waals surface area contributed by atoms with E-state index in [-0.39, 0.29) is 0 Å². The first-order valence-corrected chi connectivity index (χ1v) is 9.15. The average molecular weight is 337 g/mol. The Morgan fingerprint density at radius 3 is 2.48 bits per heavy atom. The molecule has 0 aromatic carbocycles. The van der Waals surface area contributed by atoms with Crippen LogP contribution in [0.15, 0.2) is 16.5 Å². The summed E-state index contributed by atoms with van der Waals surface area (Å²) in [6.45, 7) is 12.1. The van der Waals surface area contributed by atoms with Crippen molar-refractivity contribution >= 4 is 30.3 Å². The van der Waals surface area contributed by atoms with Crippen LogP contribution < -0.4 is 5.32 Å². The van der Waals surface area contributed by atoms with Crippen LogP contribution in [0.25, 0.3) is 0 Å². The monoisotopic (exact) mass is 337 g/mol. The van der Waals surface area contributed by atoms with Crippen LogP contribution in [0, 0.1) is 5.41 Å². The van der Waals surface area contributed by atoms with Crippen LogP contribution in [0.4, 0.5) is 0 Å². The number of likely N-dealkylation sites (N-methyl/N-ethyl adjacent to an activating group) is 1. The van der Waals surface area contributed by atoms with Gasteiger partial charge in [-0.15, -0.1) is 0 Å². The van der Waals surface area contributed by atoms with Crippen LogP contribution in [-0.4, -0.2) is 50.3 Å². The molecule has 132 valence electrons. The molecule has 0 unspecified atom stereocenters. The fraction of sp³-hybridized carbons (Fsp3) is 0.778. The second-order valence-electron chi connectivity index (χ2n) is 6.99. The third kappa shape index (κ3) is 9.90. The van der Waals surface area contributed by atoms with Crippen molar-refractivity contribution in [1.29, 1.82) is 0 Å². The van der Waals surface area contributed by atoms with Crippen molar-refractivity contribution in [3.63, 3.8) is 0 Å². The van der Waals surface area contributed by atoms with E-state index >= 15 is 0 Å². The Balaban J connectivity index is 4.52. The molecule has 0 fully saturated rings. The summed E-state index contributed by atoms with van der Waals surface area (Å²) in [5.74, 6) is 2.96. The maximum absolute atomic E-state index is 4.62. The Morgan fingerprint density at radius 1 is 1.30 bits per heavy atom. The first-order valence-electron chi connectivity index (χ1n) is 8.71. The zero-order valence-corrected chi connectivity index (χ0v) is 17.1. The summed E-state index contributed by atoms with van der Waals surface area (Å²) in [7, 11) is 5.79. The van der Waals surface area contributed by atoms with Crippen molar-refractivity contribution in [2.45, 2.75) is 59.8 Å². The van der Waals surface area contributed by atoms with E-state index in [9.17, 15) is 0 Å². The predicted molar refractivity (Wildman–Crippen MR) is 111 cm³/mol. The maximum atomic E-state index is 4.62. The molecule has 23 heavy (non-hydrogen) atoms. The molecule has 0 radical (unpaired) electrons. The number of aliphatic imine (C=N–C) groups is 1. The molecule has 0 aromatic rings. The van der Waals surface area contributed by atoms with Gasteiger partial charge in [-0.3, -0.25) is 0 Å². The summed E-state index contributed by atoms with van der Waals surface area (Å²) in [5, 5.41) is 3.09. The number of hydrogen-bond acceptors (Lipinski definition) is 3. The molecule has 5 heteroatoms. The van der Waals surface area contributed by atoms with Crippen LogP contribution in [0.1, 0.15) is 59.8 Å². The van der Waals surface area contributed by atoms with Crippen molar-refractivity contribution in [2.24, 2.45) is 10.4 Å². The normalized spacial score (nSPS) is 13.8. The van der Waals surface area contributed by atoms with Crippen molar-refractivity contribution in [3.8, 4) is 0 Å². The second-order valence-corrected chi connectivity index (χ2v) is 7.45. The summed E-state index contributed by atoms with van der Waals surface area (Å²) >= 11 is 4.62. The van der Waals surface area contributed by atoms with E-state index in [2.05, 4.69) is 61.6 Å². The summed E-state index contributed by atoms with van der Waals surface area (Å²) in [6.07, 6.45) is 6.46. The van der Waals surface area contributed by atoms with E-state index in [1.807, 2.05) is 20.9 Å². The van der Waals surface area contributed by atoms with Crippen molar-refractivity contribution in [1.82, 2.24) is 10.2 Å². The Kier molecular flexibility index (Phi) is 11.4. The molecule has 0 rings (SSSR count). The number of rotatable bonds is 10. The average Bonchev–Trinajstić information content (AvgIpc) is 2.51. The molecule has 0 amide bonds. The van der Waals surface area contributed by atoms with E-state index in [1.165, 1.54) is 32.1 Å². The standard InChI is InChI=1S/C18H36BN3S/c1-8-9-10-11-18(3,4)12-13-22(7)17(23)19-14-15(2)16(20-5)21-6/h14,23H,8-13H2,1-7H3,(H,20,21)/b15-14+. The van der Waals surface area contributed by atoms with Crippen LogP contribution in [0.2, 0.25) is 0 Å². The fourth-order valence-corrected chi connectivity index (χ4v) is 2.63. The van der Waals surface area contributed by atoms with Crippen molar-refractivity contribution in [2.75, 3.05) is 27.7 Å². The Hall–Kier alpha value is -0.705. The number of hydrogen-bond donors (Lipinski definition) is 2. The van der Waals surface area contributed by atoms with E-state index in [1.54, 1.807) is 7.05 Å². The van der Waals surface area contributed by atoms with Gasteiger partial charge in [0.2, 0.25) is 0 Å². The number of nitrogens with one attached hydrogen (secondary N) is 1. The van der Waals surface area contributed by atoms with Gasteiger partial charge in [0.15, 0.2) is 0 Å². The van der Waals surface area contributed by atoms with Crippen LogP contribution in [-0.2, 0) is 0 Å². The molecular weight excluding hydrogens is 301 g/mol. The van der Waals surface area contributed by atoms with Crippen LogP contribution >= 0.6 is 12.6 Å². The number of unbranched alkanes of at least 4 members (excludes halogenated alkanes) is 2. The number of thiol groups is 1. The van der Waals surface area contributed by atoms with Gasteiger partial charge in [-0.2, -0.15) is 0 Å².